The molecule has 0 unspecified atom stereocenters. The molecule has 0 aliphatic heterocycles. The number of hydrogen-bond donors (Lipinski definition) is 1. The Hall–Kier alpha value is -1.88. The molecule has 3 heterocycles. The Labute approximate surface area is 95.2 Å². The third-order valence-electron chi connectivity index (χ3n) is 2.40. The van der Waals surface area contributed by atoms with Gasteiger partial charge in [-0.2, -0.15) is 5.10 Å². The summed E-state index contributed by atoms with van der Waals surface area (Å²) in [7, 11) is 0. The third-order valence-corrected chi connectivity index (χ3v) is 3.40. The van der Waals surface area contributed by atoms with E-state index in [1.165, 1.54) is 10.9 Å². The van der Waals surface area contributed by atoms with Gasteiger partial charge in [0.2, 0.25) is 0 Å². The maximum atomic E-state index is 11.7. The lowest BCUT2D eigenvalue weighted by molar-refractivity contribution is 1.10. The van der Waals surface area contributed by atoms with E-state index in [0.717, 1.165) is 4.88 Å². The van der Waals surface area contributed by atoms with E-state index in [1.807, 2.05) is 25.1 Å². The Kier molecular flexibility index (Phi) is 1.94. The quantitative estimate of drug-likeness (QED) is 0.697. The number of nitrogens with zero attached hydrogens (tertiary/aromatic N) is 2. The van der Waals surface area contributed by atoms with Crippen molar-refractivity contribution in [1.82, 2.24) is 14.6 Å². The molecular formula is C11H9N3OS. The van der Waals surface area contributed by atoms with Crippen LogP contribution >= 0.6 is 11.3 Å². The van der Waals surface area contributed by atoms with Crippen LogP contribution in [0, 0.1) is 6.92 Å². The van der Waals surface area contributed by atoms with E-state index in [0.29, 0.717) is 11.5 Å². The van der Waals surface area contributed by atoms with Gasteiger partial charge in [0.05, 0.1) is 4.88 Å². The van der Waals surface area contributed by atoms with Crippen LogP contribution in [0.4, 0.5) is 0 Å². The summed E-state index contributed by atoms with van der Waals surface area (Å²) < 4.78 is 1.59. The maximum Gasteiger partial charge on any atom is 0.258 e. The predicted molar refractivity (Wildman–Crippen MR) is 63.9 cm³/mol. The van der Waals surface area contributed by atoms with Crippen molar-refractivity contribution in [1.29, 1.82) is 0 Å². The zero-order chi connectivity index (χ0) is 11.1. The molecule has 0 spiro atoms. The number of fused-ring (bicyclic) bond motifs is 1. The fourth-order valence-electron chi connectivity index (χ4n) is 1.68. The van der Waals surface area contributed by atoms with Crippen molar-refractivity contribution in [2.45, 2.75) is 6.92 Å². The van der Waals surface area contributed by atoms with Gasteiger partial charge < -0.3 is 0 Å². The topological polar surface area (TPSA) is 50.2 Å². The van der Waals surface area contributed by atoms with Crippen LogP contribution in [-0.2, 0) is 0 Å². The fraction of sp³-hybridized carbons (Fsp3) is 0.0909. The predicted octanol–water partition coefficient (Wildman–Crippen LogP) is 2.06. The summed E-state index contributed by atoms with van der Waals surface area (Å²) in [4.78, 5) is 13.9. The molecule has 0 saturated carbocycles. The second-order valence-electron chi connectivity index (χ2n) is 3.54. The van der Waals surface area contributed by atoms with E-state index in [1.54, 1.807) is 21.8 Å². The van der Waals surface area contributed by atoms with Gasteiger partial charge in [0.1, 0.15) is 5.65 Å². The molecule has 1 N–H and O–H groups in total. The highest BCUT2D eigenvalue weighted by Crippen LogP contribution is 2.25. The smallest absolute Gasteiger partial charge is 0.258 e. The molecule has 0 fully saturated rings. The minimum Gasteiger partial charge on any atom is -0.269 e. The molecule has 0 aliphatic rings. The van der Waals surface area contributed by atoms with E-state index in [-0.39, 0.29) is 5.56 Å². The minimum atomic E-state index is -0.0627. The summed E-state index contributed by atoms with van der Waals surface area (Å²) in [5, 5.41) is 7.04. The molecule has 0 saturated heterocycles. The van der Waals surface area contributed by atoms with Gasteiger partial charge in [0.15, 0.2) is 5.82 Å². The Morgan fingerprint density at radius 1 is 1.31 bits per heavy atom. The van der Waals surface area contributed by atoms with E-state index in [9.17, 15) is 4.79 Å². The number of rotatable bonds is 1. The third kappa shape index (κ3) is 1.29. The van der Waals surface area contributed by atoms with Gasteiger partial charge in [0, 0.05) is 10.9 Å². The fourth-order valence-corrected chi connectivity index (χ4v) is 2.52. The van der Waals surface area contributed by atoms with E-state index in [2.05, 4.69) is 10.2 Å². The van der Waals surface area contributed by atoms with Crippen LogP contribution in [0.2, 0.25) is 0 Å². The number of H-pyrrole nitrogens is 1. The van der Waals surface area contributed by atoms with Gasteiger partial charge in [-0.15, -0.1) is 11.3 Å². The summed E-state index contributed by atoms with van der Waals surface area (Å²) >= 11 is 1.63. The molecule has 0 radical (unpaired) electrons. The Bertz CT molecular complexity index is 707. The molecular weight excluding hydrogens is 222 g/mol. The molecule has 0 amide bonds. The van der Waals surface area contributed by atoms with Crippen LogP contribution in [0.25, 0.3) is 16.3 Å². The normalized spacial score (nSPS) is 11.1. The van der Waals surface area contributed by atoms with Crippen molar-refractivity contribution >= 4 is 17.0 Å². The van der Waals surface area contributed by atoms with Gasteiger partial charge in [-0.1, -0.05) is 6.07 Å². The summed E-state index contributed by atoms with van der Waals surface area (Å²) in [6.45, 7) is 2.03. The van der Waals surface area contributed by atoms with Gasteiger partial charge in [-0.05, 0) is 25.1 Å². The summed E-state index contributed by atoms with van der Waals surface area (Å²) in [6.07, 6.45) is 0. The number of aryl methyl sites for hydroxylation is 1. The van der Waals surface area contributed by atoms with Crippen LogP contribution in [0.3, 0.4) is 0 Å². The Balaban J connectivity index is 2.37. The van der Waals surface area contributed by atoms with E-state index >= 15 is 0 Å². The lowest BCUT2D eigenvalue weighted by Gasteiger charge is -1.94. The van der Waals surface area contributed by atoms with E-state index < -0.39 is 0 Å². The number of nitrogens with one attached hydrogen (secondary N) is 1. The second kappa shape index (κ2) is 3.31. The van der Waals surface area contributed by atoms with Crippen LogP contribution in [-0.4, -0.2) is 14.6 Å². The van der Waals surface area contributed by atoms with Crippen LogP contribution in [0.5, 0.6) is 0 Å². The molecule has 0 atom stereocenters. The largest absolute Gasteiger partial charge is 0.269 e. The summed E-state index contributed by atoms with van der Waals surface area (Å²) in [5.74, 6) is 0.679. The Morgan fingerprint density at radius 2 is 2.19 bits per heavy atom. The van der Waals surface area contributed by atoms with Gasteiger partial charge in [-0.25, -0.2) is 4.40 Å². The number of pyridine rings is 1. The summed E-state index contributed by atoms with van der Waals surface area (Å²) in [5.41, 5.74) is 0.654. The highest BCUT2D eigenvalue weighted by molar-refractivity contribution is 7.15. The maximum absolute atomic E-state index is 11.7. The van der Waals surface area contributed by atoms with Gasteiger partial charge in [-0.3, -0.25) is 9.89 Å². The van der Waals surface area contributed by atoms with Crippen molar-refractivity contribution in [2.75, 3.05) is 0 Å². The first kappa shape index (κ1) is 9.35. The lowest BCUT2D eigenvalue weighted by Crippen LogP contribution is -2.10. The average Bonchev–Trinajstić information content (AvgIpc) is 2.84. The van der Waals surface area contributed by atoms with Crippen molar-refractivity contribution in [3.05, 3.63) is 45.6 Å². The highest BCUT2D eigenvalue weighted by atomic mass is 32.1. The van der Waals surface area contributed by atoms with Crippen molar-refractivity contribution in [3.8, 4) is 10.7 Å². The van der Waals surface area contributed by atoms with E-state index in [4.69, 9.17) is 0 Å². The minimum absolute atomic E-state index is 0.0627. The zero-order valence-corrected chi connectivity index (χ0v) is 9.41. The van der Waals surface area contributed by atoms with Gasteiger partial charge in [0.25, 0.3) is 5.56 Å². The Morgan fingerprint density at radius 3 is 2.94 bits per heavy atom. The molecule has 3 rings (SSSR count). The van der Waals surface area contributed by atoms with Crippen molar-refractivity contribution in [2.24, 2.45) is 0 Å². The molecule has 3 aromatic heterocycles. The molecule has 80 valence electrons. The van der Waals surface area contributed by atoms with Crippen LogP contribution < -0.4 is 5.56 Å². The highest BCUT2D eigenvalue weighted by Gasteiger charge is 2.10. The molecule has 3 aromatic rings. The number of aromatic amines is 1. The first-order valence-corrected chi connectivity index (χ1v) is 5.70. The molecule has 16 heavy (non-hydrogen) atoms. The molecule has 5 heteroatoms. The lowest BCUT2D eigenvalue weighted by atomic mass is 10.4. The van der Waals surface area contributed by atoms with Crippen molar-refractivity contribution < 1.29 is 0 Å². The molecule has 0 bridgehead atoms. The number of thiophene rings is 1. The first-order valence-electron chi connectivity index (χ1n) is 4.89. The number of hydrogen-bond acceptors (Lipinski definition) is 3. The van der Waals surface area contributed by atoms with Gasteiger partial charge >= 0.3 is 0 Å². The zero-order valence-electron chi connectivity index (χ0n) is 8.60. The van der Waals surface area contributed by atoms with Crippen LogP contribution in [0.15, 0.2) is 35.1 Å². The summed E-state index contributed by atoms with van der Waals surface area (Å²) in [6, 6.07) is 9.09. The second-order valence-corrected chi connectivity index (χ2v) is 4.83. The molecule has 4 nitrogen and oxygen atoms in total. The van der Waals surface area contributed by atoms with Crippen molar-refractivity contribution in [3.63, 3.8) is 0 Å². The molecule has 0 aliphatic carbocycles. The SMILES string of the molecule is Cc1ccc(-c2n[nH]c3cccc(=O)n23)s1. The number of aromatic nitrogens is 3. The first-order chi connectivity index (χ1) is 7.75. The average molecular weight is 231 g/mol. The van der Waals surface area contributed by atoms with Crippen LogP contribution in [0.1, 0.15) is 4.88 Å². The monoisotopic (exact) mass is 231 g/mol. The molecule has 0 aromatic carbocycles. The standard InChI is InChI=1S/C11H9N3OS/c1-7-5-6-8(16-7)11-13-12-9-3-2-4-10(15)14(9)11/h2-6,12H,1H3.